The van der Waals surface area contributed by atoms with Gasteiger partial charge in [0.15, 0.2) is 0 Å². The molecular weight excluding hydrogens is 322 g/mol. The molecule has 3 aromatic rings. The van der Waals surface area contributed by atoms with E-state index < -0.39 is 5.91 Å². The molecule has 0 spiro atoms. The number of rotatable bonds is 5. The second-order valence-corrected chi connectivity index (χ2v) is 6.77. The zero-order valence-corrected chi connectivity index (χ0v) is 14.4. The summed E-state index contributed by atoms with van der Waals surface area (Å²) in [5.74, 6) is -0.172. The van der Waals surface area contributed by atoms with Crippen LogP contribution in [0, 0.1) is 13.8 Å². The molecule has 0 saturated carbocycles. The number of amides is 1. The Balaban J connectivity index is 1.95. The standard InChI is InChI=1S/C18H19N3O2S/c1-11-15(18(19)23)9-17(16-10-24-12(2)20-16)21(11)8-7-13-3-5-14(22)6-4-13/h3-6,9-10,22H,7-8H2,1-2H3,(H2,19,23). The van der Waals surface area contributed by atoms with Crippen LogP contribution in [0.25, 0.3) is 11.4 Å². The Bertz CT molecular complexity index is 878. The van der Waals surface area contributed by atoms with Crippen molar-refractivity contribution in [3.05, 3.63) is 57.5 Å². The van der Waals surface area contributed by atoms with Gasteiger partial charge in [0, 0.05) is 17.6 Å². The van der Waals surface area contributed by atoms with Crippen LogP contribution in [0.4, 0.5) is 0 Å². The third kappa shape index (κ3) is 3.19. The van der Waals surface area contributed by atoms with Gasteiger partial charge in [0.05, 0.1) is 22.0 Å². The quantitative estimate of drug-likeness (QED) is 0.747. The van der Waals surface area contributed by atoms with E-state index >= 15 is 0 Å². The molecule has 2 aromatic heterocycles. The summed E-state index contributed by atoms with van der Waals surface area (Å²) in [5.41, 5.74) is 9.76. The van der Waals surface area contributed by atoms with Crippen molar-refractivity contribution in [1.29, 1.82) is 0 Å². The first-order valence-corrected chi connectivity index (χ1v) is 8.54. The van der Waals surface area contributed by atoms with E-state index in [9.17, 15) is 9.90 Å². The third-order valence-electron chi connectivity index (χ3n) is 4.07. The van der Waals surface area contributed by atoms with Gasteiger partial charge in [-0.1, -0.05) is 12.1 Å². The molecule has 5 nitrogen and oxygen atoms in total. The Kier molecular flexibility index (Phi) is 4.40. The van der Waals surface area contributed by atoms with E-state index in [2.05, 4.69) is 9.55 Å². The predicted molar refractivity (Wildman–Crippen MR) is 95.3 cm³/mol. The SMILES string of the molecule is Cc1nc(-c2cc(C(N)=O)c(C)n2CCc2ccc(O)cc2)cs1. The summed E-state index contributed by atoms with van der Waals surface area (Å²) in [7, 11) is 0. The fourth-order valence-corrected chi connectivity index (χ4v) is 3.39. The van der Waals surface area contributed by atoms with Crippen LogP contribution in [0.15, 0.2) is 35.7 Å². The summed E-state index contributed by atoms with van der Waals surface area (Å²) in [5, 5.41) is 12.4. The molecule has 3 rings (SSSR count). The largest absolute Gasteiger partial charge is 0.508 e. The minimum Gasteiger partial charge on any atom is -0.508 e. The van der Waals surface area contributed by atoms with Crippen molar-refractivity contribution in [3.8, 4) is 17.1 Å². The number of hydrogen-bond donors (Lipinski definition) is 2. The van der Waals surface area contributed by atoms with E-state index in [1.165, 1.54) is 0 Å². The van der Waals surface area contributed by atoms with Gasteiger partial charge in [-0.3, -0.25) is 4.79 Å². The molecule has 0 atom stereocenters. The van der Waals surface area contributed by atoms with Crippen molar-refractivity contribution in [3.63, 3.8) is 0 Å². The average molecular weight is 341 g/mol. The summed E-state index contributed by atoms with van der Waals surface area (Å²) in [6.45, 7) is 4.56. The highest BCUT2D eigenvalue weighted by molar-refractivity contribution is 7.09. The molecule has 0 saturated heterocycles. The molecular formula is C18H19N3O2S. The Labute approximate surface area is 144 Å². The molecule has 0 aliphatic carbocycles. The van der Waals surface area contributed by atoms with E-state index in [-0.39, 0.29) is 5.75 Å². The second-order valence-electron chi connectivity index (χ2n) is 5.71. The summed E-state index contributed by atoms with van der Waals surface area (Å²) in [6.07, 6.45) is 0.782. The summed E-state index contributed by atoms with van der Waals surface area (Å²) in [4.78, 5) is 16.2. The number of phenolic OH excluding ortho intramolecular Hbond substituents is 1. The maximum atomic E-state index is 11.7. The molecule has 2 heterocycles. The van der Waals surface area contributed by atoms with Gasteiger partial charge in [-0.05, 0) is 44.0 Å². The van der Waals surface area contributed by atoms with Gasteiger partial charge in [-0.15, -0.1) is 11.3 Å². The fraction of sp³-hybridized carbons (Fsp3) is 0.222. The second kappa shape index (κ2) is 6.49. The molecule has 124 valence electrons. The lowest BCUT2D eigenvalue weighted by Crippen LogP contribution is -2.13. The van der Waals surface area contributed by atoms with Crippen LogP contribution in [-0.4, -0.2) is 20.6 Å². The Morgan fingerprint density at radius 1 is 1.29 bits per heavy atom. The molecule has 0 radical (unpaired) electrons. The van der Waals surface area contributed by atoms with Gasteiger partial charge in [0.1, 0.15) is 5.75 Å². The van der Waals surface area contributed by atoms with Crippen LogP contribution in [0.5, 0.6) is 5.75 Å². The van der Waals surface area contributed by atoms with Gasteiger partial charge in [-0.2, -0.15) is 0 Å². The van der Waals surface area contributed by atoms with Crippen molar-refractivity contribution in [2.75, 3.05) is 0 Å². The molecule has 24 heavy (non-hydrogen) atoms. The maximum Gasteiger partial charge on any atom is 0.250 e. The first-order valence-electron chi connectivity index (χ1n) is 7.66. The zero-order valence-electron chi connectivity index (χ0n) is 13.6. The molecule has 0 fully saturated rings. The van der Waals surface area contributed by atoms with Gasteiger partial charge in [0.25, 0.3) is 5.91 Å². The number of benzene rings is 1. The minimum absolute atomic E-state index is 0.255. The van der Waals surface area contributed by atoms with Gasteiger partial charge < -0.3 is 15.4 Å². The van der Waals surface area contributed by atoms with Gasteiger partial charge >= 0.3 is 0 Å². The van der Waals surface area contributed by atoms with Crippen LogP contribution < -0.4 is 5.73 Å². The lowest BCUT2D eigenvalue weighted by molar-refractivity contribution is 0.0999. The summed E-state index contributed by atoms with van der Waals surface area (Å²) >= 11 is 1.58. The number of phenols is 1. The zero-order chi connectivity index (χ0) is 17.3. The number of nitrogens with zero attached hydrogens (tertiary/aromatic N) is 2. The van der Waals surface area contributed by atoms with Crippen molar-refractivity contribution in [2.24, 2.45) is 5.73 Å². The van der Waals surface area contributed by atoms with E-state index in [4.69, 9.17) is 5.73 Å². The first-order chi connectivity index (χ1) is 11.5. The number of carbonyl (C=O) groups is 1. The number of nitrogens with two attached hydrogens (primary N) is 1. The normalized spacial score (nSPS) is 10.9. The van der Waals surface area contributed by atoms with Crippen LogP contribution in [0.1, 0.15) is 26.6 Å². The van der Waals surface area contributed by atoms with Crippen molar-refractivity contribution in [1.82, 2.24) is 9.55 Å². The molecule has 6 heteroatoms. The van der Waals surface area contributed by atoms with E-state index in [1.54, 1.807) is 23.5 Å². The van der Waals surface area contributed by atoms with Crippen LogP contribution in [0.3, 0.4) is 0 Å². The number of hydrogen-bond acceptors (Lipinski definition) is 4. The molecule has 3 N–H and O–H groups in total. The number of aryl methyl sites for hydroxylation is 2. The minimum atomic E-state index is -0.427. The monoisotopic (exact) mass is 341 g/mol. The third-order valence-corrected chi connectivity index (χ3v) is 4.85. The Morgan fingerprint density at radius 3 is 2.58 bits per heavy atom. The van der Waals surface area contributed by atoms with E-state index in [1.807, 2.05) is 37.4 Å². The molecule has 0 aliphatic rings. The summed E-state index contributed by atoms with van der Waals surface area (Å²) in [6, 6.07) is 8.98. The smallest absolute Gasteiger partial charge is 0.250 e. The molecule has 1 aromatic carbocycles. The van der Waals surface area contributed by atoms with E-state index in [0.29, 0.717) is 12.1 Å². The highest BCUT2D eigenvalue weighted by Crippen LogP contribution is 2.27. The molecule has 0 bridgehead atoms. The number of aromatic hydroxyl groups is 1. The highest BCUT2D eigenvalue weighted by Gasteiger charge is 2.18. The van der Waals surface area contributed by atoms with Crippen LogP contribution in [0.2, 0.25) is 0 Å². The van der Waals surface area contributed by atoms with Gasteiger partial charge in [-0.25, -0.2) is 4.98 Å². The van der Waals surface area contributed by atoms with Crippen LogP contribution >= 0.6 is 11.3 Å². The van der Waals surface area contributed by atoms with E-state index in [0.717, 1.165) is 34.1 Å². The maximum absolute atomic E-state index is 11.7. The van der Waals surface area contributed by atoms with Gasteiger partial charge in [0.2, 0.25) is 0 Å². The van der Waals surface area contributed by atoms with Crippen molar-refractivity contribution in [2.45, 2.75) is 26.8 Å². The number of thiazole rings is 1. The average Bonchev–Trinajstić information content (AvgIpc) is 3.10. The topological polar surface area (TPSA) is 81.1 Å². The summed E-state index contributed by atoms with van der Waals surface area (Å²) < 4.78 is 2.08. The predicted octanol–water partition coefficient (Wildman–Crippen LogP) is 3.28. The number of aromatic nitrogens is 2. The number of primary amides is 1. The van der Waals surface area contributed by atoms with Crippen molar-refractivity contribution < 1.29 is 9.90 Å². The lowest BCUT2D eigenvalue weighted by atomic mass is 10.1. The van der Waals surface area contributed by atoms with Crippen LogP contribution in [-0.2, 0) is 13.0 Å². The fourth-order valence-electron chi connectivity index (χ4n) is 2.78. The van der Waals surface area contributed by atoms with Crippen molar-refractivity contribution >= 4 is 17.2 Å². The first kappa shape index (κ1) is 16.3. The molecule has 0 aliphatic heterocycles. The Morgan fingerprint density at radius 2 is 2.00 bits per heavy atom. The Hall–Kier alpha value is -2.60. The lowest BCUT2D eigenvalue weighted by Gasteiger charge is -2.11. The number of carbonyl (C=O) groups excluding carboxylic acids is 1. The molecule has 1 amide bonds. The highest BCUT2D eigenvalue weighted by atomic mass is 32.1. The molecule has 0 unspecified atom stereocenters.